The van der Waals surface area contributed by atoms with Crippen molar-refractivity contribution in [1.29, 1.82) is 0 Å². The number of rotatable bonds is 1. The SMILES string of the molecule is c1ccc2nc(-c3ccc4c(c3)c3ccccc3c3cccc5oc6c7ccccc7n4c6c53)cnc2c1. The molecule has 0 saturated heterocycles. The zero-order valence-electron chi connectivity index (χ0n) is 20.2. The predicted molar refractivity (Wildman–Crippen MR) is 156 cm³/mol. The van der Waals surface area contributed by atoms with E-state index in [4.69, 9.17) is 9.40 Å². The number of hydrogen-bond donors (Lipinski definition) is 0. The minimum Gasteiger partial charge on any atom is -0.454 e. The van der Waals surface area contributed by atoms with Gasteiger partial charge in [-0.25, -0.2) is 4.98 Å². The summed E-state index contributed by atoms with van der Waals surface area (Å²) in [7, 11) is 0. The third kappa shape index (κ3) is 2.53. The quantitative estimate of drug-likeness (QED) is 0.233. The van der Waals surface area contributed by atoms with Crippen molar-refractivity contribution < 1.29 is 4.42 Å². The van der Waals surface area contributed by atoms with Crippen molar-refractivity contribution in [2.24, 2.45) is 0 Å². The van der Waals surface area contributed by atoms with Gasteiger partial charge < -0.3 is 8.82 Å². The van der Waals surface area contributed by atoms with Gasteiger partial charge in [0.25, 0.3) is 0 Å². The molecule has 0 fully saturated rings. The van der Waals surface area contributed by atoms with E-state index in [1.54, 1.807) is 0 Å². The van der Waals surface area contributed by atoms with Crippen LogP contribution in [0.5, 0.6) is 0 Å². The fraction of sp³-hybridized carbons (Fsp3) is 0. The minimum atomic E-state index is 0.861. The van der Waals surface area contributed by atoms with Crippen LogP contribution in [0, 0.1) is 0 Å². The van der Waals surface area contributed by atoms with E-state index in [1.807, 2.05) is 30.5 Å². The second-order valence-electron chi connectivity index (χ2n) is 9.83. The van der Waals surface area contributed by atoms with Crippen LogP contribution in [0.25, 0.3) is 82.3 Å². The van der Waals surface area contributed by atoms with E-state index in [1.165, 1.54) is 16.2 Å². The van der Waals surface area contributed by atoms with Crippen LogP contribution < -0.4 is 0 Å². The highest BCUT2D eigenvalue weighted by Gasteiger charge is 2.20. The van der Waals surface area contributed by atoms with E-state index in [-0.39, 0.29) is 0 Å². The molecule has 0 atom stereocenters. The van der Waals surface area contributed by atoms with E-state index < -0.39 is 0 Å². The molecule has 4 heterocycles. The highest BCUT2D eigenvalue weighted by atomic mass is 16.3. The number of nitrogens with zero attached hydrogens (tertiary/aromatic N) is 3. The molecule has 0 saturated carbocycles. The summed E-state index contributed by atoms with van der Waals surface area (Å²) in [6.07, 6.45) is 1.87. The molecule has 0 unspecified atom stereocenters. The van der Waals surface area contributed by atoms with Crippen LogP contribution in [-0.4, -0.2) is 14.4 Å². The first-order valence-corrected chi connectivity index (χ1v) is 12.8. The molecule has 0 bridgehead atoms. The van der Waals surface area contributed by atoms with Gasteiger partial charge in [0, 0.05) is 16.3 Å². The molecule has 4 nitrogen and oxygen atoms in total. The van der Waals surface area contributed by atoms with E-state index in [0.717, 1.165) is 66.2 Å². The van der Waals surface area contributed by atoms with E-state index in [9.17, 15) is 0 Å². The summed E-state index contributed by atoms with van der Waals surface area (Å²) in [5.74, 6) is 0. The number of fused-ring (bicyclic) bond motifs is 9. The monoisotopic (exact) mass is 485 g/mol. The van der Waals surface area contributed by atoms with Crippen molar-refractivity contribution >= 4 is 71.1 Å². The molecular weight excluding hydrogens is 466 g/mol. The largest absolute Gasteiger partial charge is 0.454 e. The highest BCUT2D eigenvalue weighted by Crippen LogP contribution is 2.42. The smallest absolute Gasteiger partial charge is 0.161 e. The summed E-state index contributed by atoms with van der Waals surface area (Å²) in [4.78, 5) is 9.63. The number of para-hydroxylation sites is 3. The zero-order chi connectivity index (χ0) is 24.8. The first-order valence-electron chi connectivity index (χ1n) is 12.8. The maximum atomic E-state index is 6.54. The molecule has 0 spiro atoms. The van der Waals surface area contributed by atoms with Gasteiger partial charge >= 0.3 is 0 Å². The van der Waals surface area contributed by atoms with E-state index >= 15 is 0 Å². The summed E-state index contributed by atoms with van der Waals surface area (Å²) >= 11 is 0. The molecule has 5 aromatic carbocycles. The van der Waals surface area contributed by atoms with Gasteiger partial charge in [-0.3, -0.25) is 4.98 Å². The van der Waals surface area contributed by atoms with Crippen molar-refractivity contribution in [3.63, 3.8) is 0 Å². The highest BCUT2D eigenvalue weighted by molar-refractivity contribution is 6.27. The molecule has 176 valence electrons. The van der Waals surface area contributed by atoms with Gasteiger partial charge in [0.1, 0.15) is 11.1 Å². The second kappa shape index (κ2) is 7.17. The van der Waals surface area contributed by atoms with Gasteiger partial charge in [0.05, 0.1) is 39.3 Å². The van der Waals surface area contributed by atoms with Gasteiger partial charge in [0.15, 0.2) is 5.58 Å². The lowest BCUT2D eigenvalue weighted by atomic mass is 9.99. The Hall–Kier alpha value is -5.22. The molecule has 38 heavy (non-hydrogen) atoms. The predicted octanol–water partition coefficient (Wildman–Crippen LogP) is 8.91. The van der Waals surface area contributed by atoms with Gasteiger partial charge in [-0.15, -0.1) is 0 Å². The molecule has 0 radical (unpaired) electrons. The molecular formula is C34H19N3O. The Balaban J connectivity index is 1.54. The molecule has 9 rings (SSSR count). The Kier molecular flexibility index (Phi) is 3.76. The average Bonchev–Trinajstić information content (AvgIpc) is 3.50. The molecule has 4 heteroatoms. The maximum absolute atomic E-state index is 6.54. The van der Waals surface area contributed by atoms with Crippen molar-refractivity contribution in [1.82, 2.24) is 14.4 Å². The molecule has 0 aliphatic carbocycles. The standard InChI is InChI=1S/C34H19N3O/c1-2-9-22-21(8-1)23-11-7-15-31-32(23)33-34(38-31)24-10-3-6-14-29(24)37(33)30-17-16-20(18-25(22)30)28-19-35-26-12-4-5-13-27(26)36-28/h1-19H. The minimum absolute atomic E-state index is 0.861. The first-order chi connectivity index (χ1) is 18.8. The average molecular weight is 486 g/mol. The second-order valence-corrected chi connectivity index (χ2v) is 9.83. The maximum Gasteiger partial charge on any atom is 0.161 e. The zero-order valence-corrected chi connectivity index (χ0v) is 20.2. The lowest BCUT2D eigenvalue weighted by molar-refractivity contribution is 0.673. The van der Waals surface area contributed by atoms with Crippen LogP contribution in [0.3, 0.4) is 0 Å². The Labute approximate surface area is 216 Å². The molecule has 0 aliphatic rings. The van der Waals surface area contributed by atoms with Crippen molar-refractivity contribution in [3.8, 4) is 11.3 Å². The van der Waals surface area contributed by atoms with Crippen molar-refractivity contribution in [2.45, 2.75) is 0 Å². The van der Waals surface area contributed by atoms with Crippen LogP contribution in [0.2, 0.25) is 0 Å². The van der Waals surface area contributed by atoms with Crippen LogP contribution >= 0.6 is 0 Å². The number of aromatic nitrogens is 3. The van der Waals surface area contributed by atoms with Gasteiger partial charge in [-0.2, -0.15) is 0 Å². The molecule has 0 amide bonds. The number of benzene rings is 5. The molecule has 0 aliphatic heterocycles. The van der Waals surface area contributed by atoms with Gasteiger partial charge in [-0.1, -0.05) is 66.7 Å². The van der Waals surface area contributed by atoms with Gasteiger partial charge in [-0.05, 0) is 58.6 Å². The fourth-order valence-corrected chi connectivity index (χ4v) is 6.14. The van der Waals surface area contributed by atoms with E-state index in [2.05, 4.69) is 94.3 Å². The van der Waals surface area contributed by atoms with Crippen LogP contribution in [0.1, 0.15) is 0 Å². The summed E-state index contributed by atoms with van der Waals surface area (Å²) in [5.41, 5.74) is 8.90. The third-order valence-corrected chi connectivity index (χ3v) is 7.79. The number of furan rings is 1. The van der Waals surface area contributed by atoms with Crippen molar-refractivity contribution in [3.05, 3.63) is 115 Å². The summed E-state index contributed by atoms with van der Waals surface area (Å²) in [5, 5.41) is 6.98. The Morgan fingerprint density at radius 3 is 2.18 bits per heavy atom. The summed E-state index contributed by atoms with van der Waals surface area (Å²) < 4.78 is 8.92. The Morgan fingerprint density at radius 1 is 0.579 bits per heavy atom. The lowest BCUT2D eigenvalue weighted by Crippen LogP contribution is -1.92. The van der Waals surface area contributed by atoms with Crippen molar-refractivity contribution in [2.75, 3.05) is 0 Å². The molecule has 0 N–H and O–H groups in total. The first kappa shape index (κ1) is 19.9. The Morgan fingerprint density at radius 2 is 1.29 bits per heavy atom. The van der Waals surface area contributed by atoms with Crippen LogP contribution in [0.4, 0.5) is 0 Å². The lowest BCUT2D eigenvalue weighted by Gasteiger charge is -2.11. The topological polar surface area (TPSA) is 43.3 Å². The summed E-state index contributed by atoms with van der Waals surface area (Å²) in [6, 6.07) is 38.2. The third-order valence-electron chi connectivity index (χ3n) is 7.79. The fourth-order valence-electron chi connectivity index (χ4n) is 6.14. The number of hydrogen-bond acceptors (Lipinski definition) is 3. The van der Waals surface area contributed by atoms with E-state index in [0.29, 0.717) is 0 Å². The van der Waals surface area contributed by atoms with Gasteiger partial charge in [0.2, 0.25) is 0 Å². The van der Waals surface area contributed by atoms with Crippen LogP contribution in [0.15, 0.2) is 120 Å². The molecule has 9 aromatic rings. The Bertz CT molecular complexity index is 2410. The molecule has 4 aromatic heterocycles. The normalized spacial score (nSPS) is 12.2. The van der Waals surface area contributed by atoms with Crippen LogP contribution in [-0.2, 0) is 0 Å². The summed E-state index contributed by atoms with van der Waals surface area (Å²) in [6.45, 7) is 0.